The van der Waals surface area contributed by atoms with Gasteiger partial charge in [0.05, 0.1) is 11.6 Å². The van der Waals surface area contributed by atoms with Gasteiger partial charge in [-0.15, -0.1) is 0 Å². The van der Waals surface area contributed by atoms with Crippen molar-refractivity contribution in [3.8, 4) is 5.75 Å². The fraction of sp³-hybridized carbons (Fsp3) is 0.211. The monoisotopic (exact) mass is 391 g/mol. The summed E-state index contributed by atoms with van der Waals surface area (Å²) < 4.78 is 42.1. The van der Waals surface area contributed by atoms with Crippen LogP contribution in [0.5, 0.6) is 5.75 Å². The lowest BCUT2D eigenvalue weighted by Crippen LogP contribution is -2.33. The van der Waals surface area contributed by atoms with Crippen molar-refractivity contribution in [1.82, 2.24) is 15.1 Å². The average Bonchev–Trinajstić information content (AvgIpc) is 2.67. The van der Waals surface area contributed by atoms with Gasteiger partial charge < -0.3 is 10.1 Å². The molecule has 0 saturated heterocycles. The van der Waals surface area contributed by atoms with Crippen LogP contribution in [0, 0.1) is 0 Å². The number of hydrogen-bond donors (Lipinski definition) is 1. The van der Waals surface area contributed by atoms with Crippen molar-refractivity contribution in [3.63, 3.8) is 0 Å². The second-order valence-corrected chi connectivity index (χ2v) is 6.02. The number of aromatic nitrogens is 2. The van der Waals surface area contributed by atoms with E-state index in [0.717, 1.165) is 4.68 Å². The molecule has 0 spiro atoms. The summed E-state index contributed by atoms with van der Waals surface area (Å²) in [4.78, 5) is 24.4. The van der Waals surface area contributed by atoms with Crippen molar-refractivity contribution >= 4 is 16.7 Å². The standard InChI is InChI=1S/C19H16F3N3O3/c20-19(21,22)12-28-15-7-5-13(6-8-15)9-23-17(26)11-25-18(27)16-4-2-1-3-14(16)10-24-25/h1-8,10H,9,11-12H2,(H,23,26). The normalized spacial score (nSPS) is 11.4. The summed E-state index contributed by atoms with van der Waals surface area (Å²) in [6.45, 7) is -1.45. The Bertz CT molecular complexity index is 1030. The fourth-order valence-corrected chi connectivity index (χ4v) is 2.50. The van der Waals surface area contributed by atoms with Gasteiger partial charge >= 0.3 is 6.18 Å². The number of hydrogen-bond acceptors (Lipinski definition) is 4. The van der Waals surface area contributed by atoms with Crippen LogP contribution in [-0.4, -0.2) is 28.5 Å². The zero-order valence-electron chi connectivity index (χ0n) is 14.6. The predicted molar refractivity (Wildman–Crippen MR) is 95.8 cm³/mol. The smallest absolute Gasteiger partial charge is 0.422 e. The van der Waals surface area contributed by atoms with E-state index in [1.807, 2.05) is 0 Å². The van der Waals surface area contributed by atoms with E-state index in [1.54, 1.807) is 36.4 Å². The van der Waals surface area contributed by atoms with Crippen LogP contribution in [0.15, 0.2) is 59.5 Å². The highest BCUT2D eigenvalue weighted by Crippen LogP contribution is 2.18. The number of ether oxygens (including phenoxy) is 1. The molecule has 0 fully saturated rings. The Labute approximate surface area is 157 Å². The number of carbonyl (C=O) groups is 1. The first-order valence-corrected chi connectivity index (χ1v) is 8.32. The first-order valence-electron chi connectivity index (χ1n) is 8.32. The summed E-state index contributed by atoms with van der Waals surface area (Å²) in [6, 6.07) is 12.8. The lowest BCUT2D eigenvalue weighted by molar-refractivity contribution is -0.153. The van der Waals surface area contributed by atoms with Crippen LogP contribution < -0.4 is 15.6 Å². The second-order valence-electron chi connectivity index (χ2n) is 6.02. The van der Waals surface area contributed by atoms with Gasteiger partial charge in [-0.2, -0.15) is 18.3 Å². The van der Waals surface area contributed by atoms with E-state index in [0.29, 0.717) is 16.3 Å². The second kappa shape index (κ2) is 8.12. The van der Waals surface area contributed by atoms with E-state index < -0.39 is 18.7 Å². The van der Waals surface area contributed by atoms with E-state index in [4.69, 9.17) is 0 Å². The highest BCUT2D eigenvalue weighted by molar-refractivity contribution is 5.81. The highest BCUT2D eigenvalue weighted by Gasteiger charge is 2.28. The van der Waals surface area contributed by atoms with Crippen molar-refractivity contribution in [2.75, 3.05) is 6.61 Å². The van der Waals surface area contributed by atoms with Crippen molar-refractivity contribution < 1.29 is 22.7 Å². The van der Waals surface area contributed by atoms with Crippen LogP contribution in [0.1, 0.15) is 5.56 Å². The molecule has 28 heavy (non-hydrogen) atoms. The molecule has 0 aliphatic rings. The maximum atomic E-state index is 12.3. The van der Waals surface area contributed by atoms with Gasteiger partial charge in [0, 0.05) is 11.9 Å². The zero-order valence-corrected chi connectivity index (χ0v) is 14.6. The summed E-state index contributed by atoms with van der Waals surface area (Å²) >= 11 is 0. The lowest BCUT2D eigenvalue weighted by Gasteiger charge is -2.10. The molecule has 1 N–H and O–H groups in total. The quantitative estimate of drug-likeness (QED) is 0.701. The number of carbonyl (C=O) groups excluding carboxylic acids is 1. The van der Waals surface area contributed by atoms with Crippen molar-refractivity contribution in [3.05, 3.63) is 70.6 Å². The average molecular weight is 391 g/mol. The Kier molecular flexibility index (Phi) is 5.62. The van der Waals surface area contributed by atoms with Crippen LogP contribution >= 0.6 is 0 Å². The van der Waals surface area contributed by atoms with E-state index in [-0.39, 0.29) is 24.4 Å². The van der Waals surface area contributed by atoms with Gasteiger partial charge in [0.2, 0.25) is 5.91 Å². The van der Waals surface area contributed by atoms with Gasteiger partial charge in [0.25, 0.3) is 5.56 Å². The molecule has 146 valence electrons. The Hall–Kier alpha value is -3.36. The van der Waals surface area contributed by atoms with Crippen LogP contribution in [0.3, 0.4) is 0 Å². The number of halogens is 3. The molecule has 1 heterocycles. The molecule has 0 radical (unpaired) electrons. The van der Waals surface area contributed by atoms with E-state index >= 15 is 0 Å². The Morgan fingerprint density at radius 3 is 2.54 bits per heavy atom. The molecular formula is C19H16F3N3O3. The Morgan fingerprint density at radius 1 is 1.11 bits per heavy atom. The third kappa shape index (κ3) is 5.09. The maximum absolute atomic E-state index is 12.3. The molecule has 0 aliphatic carbocycles. The van der Waals surface area contributed by atoms with Gasteiger partial charge in [-0.05, 0) is 23.8 Å². The van der Waals surface area contributed by atoms with Crippen LogP contribution in [-0.2, 0) is 17.9 Å². The Balaban J connectivity index is 1.56. The molecule has 3 aromatic rings. The summed E-state index contributed by atoms with van der Waals surface area (Å²) in [5, 5.41) is 7.79. The van der Waals surface area contributed by atoms with Gasteiger partial charge in [-0.3, -0.25) is 9.59 Å². The molecule has 3 rings (SSSR count). The molecule has 0 atom stereocenters. The first kappa shape index (κ1) is 19.4. The van der Waals surface area contributed by atoms with Crippen LogP contribution in [0.25, 0.3) is 10.8 Å². The van der Waals surface area contributed by atoms with Crippen molar-refractivity contribution in [1.29, 1.82) is 0 Å². The lowest BCUT2D eigenvalue weighted by atomic mass is 10.2. The van der Waals surface area contributed by atoms with E-state index in [1.165, 1.54) is 18.3 Å². The molecule has 0 aliphatic heterocycles. The summed E-state index contributed by atoms with van der Waals surface area (Å²) in [5.41, 5.74) is 0.311. The maximum Gasteiger partial charge on any atom is 0.422 e. The van der Waals surface area contributed by atoms with Gasteiger partial charge in [-0.1, -0.05) is 30.3 Å². The topological polar surface area (TPSA) is 73.2 Å². The first-order chi connectivity index (χ1) is 13.3. The molecule has 1 aromatic heterocycles. The van der Waals surface area contributed by atoms with Gasteiger partial charge in [0.15, 0.2) is 6.61 Å². The molecule has 9 heteroatoms. The fourth-order valence-electron chi connectivity index (χ4n) is 2.50. The highest BCUT2D eigenvalue weighted by atomic mass is 19.4. The number of benzene rings is 2. The third-order valence-corrected chi connectivity index (χ3v) is 3.87. The predicted octanol–water partition coefficient (Wildman–Crippen LogP) is 2.65. The molecule has 0 bridgehead atoms. The van der Waals surface area contributed by atoms with Gasteiger partial charge in [0.1, 0.15) is 12.3 Å². The molecular weight excluding hydrogens is 375 g/mol. The minimum absolute atomic E-state index is 0.0827. The molecule has 1 amide bonds. The SMILES string of the molecule is O=C(Cn1ncc2ccccc2c1=O)NCc1ccc(OCC(F)(F)F)cc1. The van der Waals surface area contributed by atoms with Crippen LogP contribution in [0.4, 0.5) is 13.2 Å². The van der Waals surface area contributed by atoms with Crippen molar-refractivity contribution in [2.45, 2.75) is 19.3 Å². The number of nitrogens with zero attached hydrogens (tertiary/aromatic N) is 2. The number of rotatable bonds is 6. The van der Waals surface area contributed by atoms with E-state index in [9.17, 15) is 22.8 Å². The van der Waals surface area contributed by atoms with Gasteiger partial charge in [-0.25, -0.2) is 4.68 Å². The minimum atomic E-state index is -4.40. The largest absolute Gasteiger partial charge is 0.484 e. The molecule has 0 saturated carbocycles. The minimum Gasteiger partial charge on any atom is -0.484 e. The number of amides is 1. The van der Waals surface area contributed by atoms with Crippen LogP contribution in [0.2, 0.25) is 0 Å². The summed E-state index contributed by atoms with van der Waals surface area (Å²) in [5.74, 6) is -0.332. The Morgan fingerprint density at radius 2 is 1.82 bits per heavy atom. The third-order valence-electron chi connectivity index (χ3n) is 3.87. The molecule has 6 nitrogen and oxygen atoms in total. The number of nitrogens with one attached hydrogen (secondary N) is 1. The zero-order chi connectivity index (χ0) is 20.1. The molecule has 2 aromatic carbocycles. The number of alkyl halides is 3. The van der Waals surface area contributed by atoms with Crippen molar-refractivity contribution in [2.24, 2.45) is 0 Å². The molecule has 0 unspecified atom stereocenters. The summed E-state index contributed by atoms with van der Waals surface area (Å²) in [7, 11) is 0. The van der Waals surface area contributed by atoms with E-state index in [2.05, 4.69) is 15.2 Å². The number of fused-ring (bicyclic) bond motifs is 1. The summed E-state index contributed by atoms with van der Waals surface area (Å²) in [6.07, 6.45) is -2.88.